The topological polar surface area (TPSA) is 53.1 Å². The van der Waals surface area contributed by atoms with Gasteiger partial charge in [-0.1, -0.05) is 0 Å². The van der Waals surface area contributed by atoms with Crippen LogP contribution in [0.2, 0.25) is 0 Å². The minimum absolute atomic E-state index is 0.178. The molecule has 0 unspecified atom stereocenters. The van der Waals surface area contributed by atoms with E-state index in [1.807, 2.05) is 11.7 Å². The smallest absolute Gasteiger partial charge is 0.0689 e. The van der Waals surface area contributed by atoms with E-state index in [0.29, 0.717) is 5.92 Å². The van der Waals surface area contributed by atoms with Crippen LogP contribution < -0.4 is 5.73 Å². The van der Waals surface area contributed by atoms with Gasteiger partial charge in [-0.15, -0.1) is 0 Å². The van der Waals surface area contributed by atoms with Gasteiger partial charge >= 0.3 is 0 Å². The Labute approximate surface area is 103 Å². The highest BCUT2D eigenvalue weighted by Gasteiger charge is 2.24. The first-order chi connectivity index (χ1) is 7.96. The van der Waals surface area contributed by atoms with Gasteiger partial charge in [-0.2, -0.15) is 5.10 Å². The van der Waals surface area contributed by atoms with Gasteiger partial charge in [0.2, 0.25) is 0 Å². The van der Waals surface area contributed by atoms with Crippen molar-refractivity contribution in [3.63, 3.8) is 0 Å². The van der Waals surface area contributed by atoms with Crippen LogP contribution in [0.3, 0.4) is 0 Å². The second kappa shape index (κ2) is 4.78. The summed E-state index contributed by atoms with van der Waals surface area (Å²) in [4.78, 5) is 0. The first kappa shape index (κ1) is 12.6. The molecule has 1 fully saturated rings. The maximum Gasteiger partial charge on any atom is 0.0689 e. The Morgan fingerprint density at radius 2 is 2.12 bits per heavy atom. The molecule has 0 radical (unpaired) electrons. The third-order valence-corrected chi connectivity index (χ3v) is 3.19. The van der Waals surface area contributed by atoms with Gasteiger partial charge in [-0.05, 0) is 38.7 Å². The molecule has 2 N–H and O–H groups in total. The Morgan fingerprint density at radius 3 is 2.71 bits per heavy atom. The van der Waals surface area contributed by atoms with E-state index in [0.717, 1.165) is 32.5 Å². The summed E-state index contributed by atoms with van der Waals surface area (Å²) in [5, 5.41) is 4.62. The molecular weight excluding hydrogens is 214 g/mol. The molecule has 4 nitrogen and oxygen atoms in total. The van der Waals surface area contributed by atoms with Gasteiger partial charge in [0.1, 0.15) is 0 Å². The molecule has 17 heavy (non-hydrogen) atoms. The molecule has 2 rings (SSSR count). The van der Waals surface area contributed by atoms with Crippen molar-refractivity contribution in [3.05, 3.63) is 17.5 Å². The zero-order valence-corrected chi connectivity index (χ0v) is 11.1. The van der Waals surface area contributed by atoms with Gasteiger partial charge in [-0.25, -0.2) is 0 Å². The summed E-state index contributed by atoms with van der Waals surface area (Å²) in [6, 6.07) is 0. The Kier molecular flexibility index (Phi) is 3.54. The van der Waals surface area contributed by atoms with Crippen LogP contribution in [0.25, 0.3) is 0 Å². The zero-order valence-electron chi connectivity index (χ0n) is 11.1. The number of rotatable bonds is 3. The molecule has 1 aromatic heterocycles. The Bertz CT molecular complexity index is 373. The Hall–Kier alpha value is -0.870. The van der Waals surface area contributed by atoms with Gasteiger partial charge in [0.25, 0.3) is 0 Å². The molecule has 1 aromatic rings. The monoisotopic (exact) mass is 237 g/mol. The van der Waals surface area contributed by atoms with E-state index in [1.165, 1.54) is 11.3 Å². The summed E-state index contributed by atoms with van der Waals surface area (Å²) in [5.41, 5.74) is 8.46. The summed E-state index contributed by atoms with van der Waals surface area (Å²) in [6.07, 6.45) is 5.15. The molecule has 0 atom stereocenters. The molecule has 0 bridgehead atoms. The lowest BCUT2D eigenvalue weighted by molar-refractivity contribution is 0.0842. The fourth-order valence-electron chi connectivity index (χ4n) is 2.50. The molecule has 0 saturated carbocycles. The second-order valence-corrected chi connectivity index (χ2v) is 5.77. The van der Waals surface area contributed by atoms with E-state index in [9.17, 15) is 0 Å². The maximum atomic E-state index is 6.11. The highest BCUT2D eigenvalue weighted by molar-refractivity contribution is 5.23. The van der Waals surface area contributed by atoms with E-state index >= 15 is 0 Å². The molecule has 1 saturated heterocycles. The van der Waals surface area contributed by atoms with E-state index in [1.54, 1.807) is 0 Å². The van der Waals surface area contributed by atoms with Crippen LogP contribution in [0.15, 0.2) is 6.20 Å². The highest BCUT2D eigenvalue weighted by Crippen LogP contribution is 2.29. The van der Waals surface area contributed by atoms with Gasteiger partial charge in [0.15, 0.2) is 0 Å². The lowest BCUT2D eigenvalue weighted by atomic mass is 9.89. The van der Waals surface area contributed by atoms with E-state index in [2.05, 4.69) is 25.1 Å². The molecule has 4 heteroatoms. The third-order valence-electron chi connectivity index (χ3n) is 3.19. The zero-order chi connectivity index (χ0) is 12.5. The van der Waals surface area contributed by atoms with Gasteiger partial charge in [-0.3, -0.25) is 4.68 Å². The van der Waals surface area contributed by atoms with Crippen LogP contribution in [0.1, 0.15) is 43.9 Å². The number of nitrogens with two attached hydrogens (primary N) is 1. The SMILES string of the molecule is Cn1cc(CC(C)(C)N)c(C2CCOCC2)n1. The summed E-state index contributed by atoms with van der Waals surface area (Å²) in [5.74, 6) is 0.544. The van der Waals surface area contributed by atoms with Crippen LogP contribution >= 0.6 is 0 Å². The molecular formula is C13H23N3O. The van der Waals surface area contributed by atoms with Crippen molar-refractivity contribution < 1.29 is 4.74 Å². The number of aromatic nitrogens is 2. The minimum atomic E-state index is -0.178. The largest absolute Gasteiger partial charge is 0.381 e. The predicted molar refractivity (Wildman–Crippen MR) is 68.0 cm³/mol. The van der Waals surface area contributed by atoms with E-state index in [4.69, 9.17) is 10.5 Å². The van der Waals surface area contributed by atoms with Crippen LogP contribution in [0, 0.1) is 0 Å². The van der Waals surface area contributed by atoms with Crippen molar-refractivity contribution in [3.8, 4) is 0 Å². The molecule has 2 heterocycles. The standard InChI is InChI=1S/C13H23N3O/c1-13(2,14)8-11-9-16(3)15-12(11)10-4-6-17-7-5-10/h9-10H,4-8,14H2,1-3H3. The number of hydrogen-bond acceptors (Lipinski definition) is 3. The maximum absolute atomic E-state index is 6.11. The van der Waals surface area contributed by atoms with Gasteiger partial charge in [0, 0.05) is 37.9 Å². The average Bonchev–Trinajstić information content (AvgIpc) is 2.58. The number of ether oxygens (including phenoxy) is 1. The molecule has 0 spiro atoms. The lowest BCUT2D eigenvalue weighted by Gasteiger charge is -2.23. The number of nitrogens with zero attached hydrogens (tertiary/aromatic N) is 2. The van der Waals surface area contributed by atoms with Crippen LogP contribution in [0.4, 0.5) is 0 Å². The first-order valence-electron chi connectivity index (χ1n) is 6.35. The number of aryl methyl sites for hydroxylation is 1. The van der Waals surface area contributed by atoms with Crippen molar-refractivity contribution in [2.24, 2.45) is 12.8 Å². The summed E-state index contributed by atoms with van der Waals surface area (Å²) >= 11 is 0. The van der Waals surface area contributed by atoms with Crippen molar-refractivity contribution >= 4 is 0 Å². The van der Waals surface area contributed by atoms with Crippen molar-refractivity contribution in [1.29, 1.82) is 0 Å². The molecule has 0 aliphatic carbocycles. The second-order valence-electron chi connectivity index (χ2n) is 5.77. The molecule has 1 aliphatic heterocycles. The Morgan fingerprint density at radius 1 is 1.47 bits per heavy atom. The lowest BCUT2D eigenvalue weighted by Crippen LogP contribution is -2.34. The third kappa shape index (κ3) is 3.30. The van der Waals surface area contributed by atoms with Crippen LogP contribution in [-0.4, -0.2) is 28.5 Å². The van der Waals surface area contributed by atoms with Crippen LogP contribution in [0.5, 0.6) is 0 Å². The van der Waals surface area contributed by atoms with E-state index in [-0.39, 0.29) is 5.54 Å². The average molecular weight is 237 g/mol. The summed E-state index contributed by atoms with van der Waals surface area (Å²) in [7, 11) is 1.98. The van der Waals surface area contributed by atoms with Crippen molar-refractivity contribution in [1.82, 2.24) is 9.78 Å². The minimum Gasteiger partial charge on any atom is -0.381 e. The fourth-order valence-corrected chi connectivity index (χ4v) is 2.50. The Balaban J connectivity index is 2.20. The number of hydrogen-bond donors (Lipinski definition) is 1. The highest BCUT2D eigenvalue weighted by atomic mass is 16.5. The van der Waals surface area contributed by atoms with Gasteiger partial charge < -0.3 is 10.5 Å². The summed E-state index contributed by atoms with van der Waals surface area (Å²) < 4.78 is 7.32. The normalized spacial score (nSPS) is 18.6. The first-order valence-corrected chi connectivity index (χ1v) is 6.35. The van der Waals surface area contributed by atoms with Gasteiger partial charge in [0.05, 0.1) is 5.69 Å². The van der Waals surface area contributed by atoms with Crippen molar-refractivity contribution in [2.75, 3.05) is 13.2 Å². The van der Waals surface area contributed by atoms with Crippen molar-refractivity contribution in [2.45, 2.75) is 44.6 Å². The molecule has 0 aromatic carbocycles. The fraction of sp³-hybridized carbons (Fsp3) is 0.769. The van der Waals surface area contributed by atoms with E-state index < -0.39 is 0 Å². The molecule has 96 valence electrons. The summed E-state index contributed by atoms with van der Waals surface area (Å²) in [6.45, 7) is 5.83. The quantitative estimate of drug-likeness (QED) is 0.868. The molecule has 1 aliphatic rings. The molecule has 0 amide bonds. The van der Waals surface area contributed by atoms with Crippen LogP contribution in [-0.2, 0) is 18.2 Å². The predicted octanol–water partition coefficient (Wildman–Crippen LogP) is 1.59.